The molecule has 0 aliphatic carbocycles. The van der Waals surface area contributed by atoms with Crippen molar-refractivity contribution in [2.75, 3.05) is 33.3 Å². The molecular formula is C17H18O9P+. The Morgan fingerprint density at radius 1 is 0.926 bits per heavy atom. The molecular weight excluding hydrogens is 379 g/mol. The number of rotatable bonds is 12. The molecule has 27 heavy (non-hydrogen) atoms. The predicted octanol–water partition coefficient (Wildman–Crippen LogP) is 0.253. The van der Waals surface area contributed by atoms with Crippen molar-refractivity contribution in [1.82, 2.24) is 0 Å². The summed E-state index contributed by atoms with van der Waals surface area (Å²) in [6.07, 6.45) is 12.2. The topological polar surface area (TPSA) is 114 Å². The highest BCUT2D eigenvalue weighted by molar-refractivity contribution is 7.38. The van der Waals surface area contributed by atoms with E-state index >= 15 is 0 Å². The van der Waals surface area contributed by atoms with Crippen molar-refractivity contribution in [3.05, 3.63) is 0 Å². The summed E-state index contributed by atoms with van der Waals surface area (Å²) in [5.41, 5.74) is 0. The van der Waals surface area contributed by atoms with Gasteiger partial charge in [0.25, 0.3) is 6.35 Å². The van der Waals surface area contributed by atoms with E-state index in [9.17, 15) is 18.9 Å². The molecule has 10 heteroatoms. The molecule has 144 valence electrons. The third-order valence-electron chi connectivity index (χ3n) is 2.66. The van der Waals surface area contributed by atoms with Crippen LogP contribution in [0.15, 0.2) is 0 Å². The van der Waals surface area contributed by atoms with Gasteiger partial charge in [-0.25, -0.2) is 4.79 Å². The van der Waals surface area contributed by atoms with Crippen molar-refractivity contribution >= 4 is 25.9 Å². The van der Waals surface area contributed by atoms with Crippen molar-refractivity contribution in [2.45, 2.75) is 12.5 Å². The normalized spacial score (nSPS) is 12.3. The Bertz CT molecular complexity index is 665. The number of esters is 3. The monoisotopic (exact) mass is 397 g/mol. The minimum atomic E-state index is -2.53. The minimum Gasteiger partial charge on any atom is -0.452 e. The second kappa shape index (κ2) is 14.3. The molecule has 0 saturated carbocycles. The Morgan fingerprint density at radius 2 is 1.44 bits per heavy atom. The largest absolute Gasteiger partial charge is 0.538 e. The van der Waals surface area contributed by atoms with Gasteiger partial charge in [-0.1, -0.05) is 17.8 Å². The van der Waals surface area contributed by atoms with E-state index in [0.29, 0.717) is 0 Å². The van der Waals surface area contributed by atoms with Crippen LogP contribution in [0.2, 0.25) is 0 Å². The highest BCUT2D eigenvalue weighted by Crippen LogP contribution is 2.30. The van der Waals surface area contributed by atoms with Crippen LogP contribution in [-0.2, 0) is 42.4 Å². The Kier molecular flexibility index (Phi) is 12.8. The van der Waals surface area contributed by atoms with Gasteiger partial charge in [-0.2, -0.15) is 0 Å². The van der Waals surface area contributed by atoms with Crippen LogP contribution in [-0.4, -0.2) is 57.3 Å². The van der Waals surface area contributed by atoms with E-state index < -0.39 is 57.6 Å². The molecule has 0 aromatic heterocycles. The lowest BCUT2D eigenvalue weighted by Crippen LogP contribution is -2.40. The highest BCUT2D eigenvalue weighted by atomic mass is 31.1. The van der Waals surface area contributed by atoms with E-state index in [1.54, 1.807) is 0 Å². The van der Waals surface area contributed by atoms with E-state index in [0.717, 1.165) is 0 Å². The number of carbonyl (C=O) groups excluding carboxylic acids is 3. The molecule has 0 heterocycles. The average molecular weight is 397 g/mol. The smallest absolute Gasteiger partial charge is 0.452 e. The molecule has 0 aromatic rings. The number of terminal acetylenes is 3. The van der Waals surface area contributed by atoms with Gasteiger partial charge in [-0.3, -0.25) is 9.59 Å². The third kappa shape index (κ3) is 9.99. The summed E-state index contributed by atoms with van der Waals surface area (Å²) >= 11 is 0. The molecule has 0 rings (SSSR count). The lowest BCUT2D eigenvalue weighted by molar-refractivity contribution is -0.166. The number of hydrogen-bond donors (Lipinski definition) is 0. The first-order valence-electron chi connectivity index (χ1n) is 7.30. The second-order valence-electron chi connectivity index (χ2n) is 4.58. The Hall–Kier alpha value is -2.89. The summed E-state index contributed by atoms with van der Waals surface area (Å²) in [7, 11) is -1.28. The zero-order chi connectivity index (χ0) is 20.7. The quantitative estimate of drug-likeness (QED) is 0.198. The van der Waals surface area contributed by atoms with Crippen LogP contribution in [0.25, 0.3) is 0 Å². The van der Waals surface area contributed by atoms with Gasteiger partial charge in [0.05, 0.1) is 6.42 Å². The van der Waals surface area contributed by atoms with Gasteiger partial charge in [0.15, 0.2) is 19.8 Å². The van der Waals surface area contributed by atoms with E-state index in [4.69, 9.17) is 33.3 Å². The van der Waals surface area contributed by atoms with E-state index in [2.05, 4.69) is 27.2 Å². The Morgan fingerprint density at radius 3 is 1.96 bits per heavy atom. The van der Waals surface area contributed by atoms with Crippen molar-refractivity contribution in [2.24, 2.45) is 5.92 Å². The number of hydrogen-bond acceptors (Lipinski definition) is 9. The molecule has 0 aliphatic rings. The van der Waals surface area contributed by atoms with Crippen LogP contribution in [0.5, 0.6) is 0 Å². The fraction of sp³-hybridized carbons (Fsp3) is 0.471. The van der Waals surface area contributed by atoms with Crippen LogP contribution < -0.4 is 0 Å². The SMILES string of the molecule is C#CCOC(=O)CC(C(=O)OCC#C)C(O[P+](=O)COC)C(=O)OCC#C. The van der Waals surface area contributed by atoms with E-state index in [-0.39, 0.29) is 13.0 Å². The molecule has 3 atom stereocenters. The number of methoxy groups -OCH3 is 1. The van der Waals surface area contributed by atoms with Crippen LogP contribution in [0.4, 0.5) is 0 Å². The van der Waals surface area contributed by atoms with Crippen molar-refractivity contribution in [3.63, 3.8) is 0 Å². The van der Waals surface area contributed by atoms with Crippen LogP contribution in [0, 0.1) is 42.9 Å². The fourth-order valence-electron chi connectivity index (χ4n) is 1.63. The Balaban J connectivity index is 5.58. The van der Waals surface area contributed by atoms with Crippen LogP contribution in [0.1, 0.15) is 6.42 Å². The predicted molar refractivity (Wildman–Crippen MR) is 91.8 cm³/mol. The zero-order valence-corrected chi connectivity index (χ0v) is 15.4. The van der Waals surface area contributed by atoms with E-state index in [1.165, 1.54) is 7.11 Å². The summed E-state index contributed by atoms with van der Waals surface area (Å²) in [6, 6.07) is 0. The van der Waals surface area contributed by atoms with Gasteiger partial charge in [0, 0.05) is 7.11 Å². The maximum atomic E-state index is 12.3. The van der Waals surface area contributed by atoms with Gasteiger partial charge < -0.3 is 18.9 Å². The van der Waals surface area contributed by atoms with Gasteiger partial charge in [0.1, 0.15) is 5.92 Å². The fourth-order valence-corrected chi connectivity index (χ4v) is 2.39. The molecule has 3 unspecified atom stereocenters. The first-order chi connectivity index (χ1) is 12.9. The maximum Gasteiger partial charge on any atom is 0.538 e. The summed E-state index contributed by atoms with van der Waals surface area (Å²) in [4.78, 5) is 36.3. The van der Waals surface area contributed by atoms with Gasteiger partial charge in [-0.05, 0) is 4.57 Å². The maximum absolute atomic E-state index is 12.3. The average Bonchev–Trinajstić information content (AvgIpc) is 2.65. The molecule has 0 fully saturated rings. The lowest BCUT2D eigenvalue weighted by atomic mass is 9.98. The second-order valence-corrected chi connectivity index (χ2v) is 5.71. The lowest BCUT2D eigenvalue weighted by Gasteiger charge is -2.19. The van der Waals surface area contributed by atoms with Gasteiger partial charge in [0.2, 0.25) is 6.10 Å². The first-order valence-corrected chi connectivity index (χ1v) is 8.67. The standard InChI is InChI=1S/C17H18O9P/c1-5-8-23-14(18)11-13(16(19)24-9-6-2)15(17(20)25-10-7-3)26-27(21)12-22-4/h1-3,13,15H,8-12H2,4H3/q+1. The van der Waals surface area contributed by atoms with E-state index in [1.807, 2.05) is 0 Å². The molecule has 0 bridgehead atoms. The first kappa shape index (κ1) is 24.1. The molecule has 0 aliphatic heterocycles. The van der Waals surface area contributed by atoms with Crippen LogP contribution >= 0.6 is 8.03 Å². The molecule has 0 spiro atoms. The highest BCUT2D eigenvalue weighted by Gasteiger charge is 2.44. The number of carbonyl (C=O) groups is 3. The molecule has 0 radical (unpaired) electrons. The Labute approximate surface area is 157 Å². The number of ether oxygens (including phenoxy) is 4. The molecule has 0 amide bonds. The summed E-state index contributed by atoms with van der Waals surface area (Å²) in [5, 5.41) is 0. The van der Waals surface area contributed by atoms with Crippen molar-refractivity contribution < 1.29 is 42.4 Å². The van der Waals surface area contributed by atoms with Gasteiger partial charge in [-0.15, -0.1) is 23.8 Å². The molecule has 9 nitrogen and oxygen atoms in total. The van der Waals surface area contributed by atoms with Crippen molar-refractivity contribution in [1.29, 1.82) is 0 Å². The minimum absolute atomic E-state index is 0.351. The molecule has 0 saturated heterocycles. The molecule has 0 aromatic carbocycles. The zero-order valence-electron chi connectivity index (χ0n) is 14.5. The summed E-state index contributed by atoms with van der Waals surface area (Å²) in [5.74, 6) is 1.51. The third-order valence-corrected chi connectivity index (χ3v) is 3.60. The summed E-state index contributed by atoms with van der Waals surface area (Å²) < 4.78 is 35.7. The summed E-state index contributed by atoms with van der Waals surface area (Å²) in [6.45, 7) is -1.21. The van der Waals surface area contributed by atoms with Gasteiger partial charge >= 0.3 is 25.9 Å². The molecule has 0 N–H and O–H groups in total. The van der Waals surface area contributed by atoms with Crippen LogP contribution in [0.3, 0.4) is 0 Å². The van der Waals surface area contributed by atoms with Crippen molar-refractivity contribution in [3.8, 4) is 37.0 Å².